The summed E-state index contributed by atoms with van der Waals surface area (Å²) in [5, 5.41) is 0. The lowest BCUT2D eigenvalue weighted by Crippen LogP contribution is -2.13. The quantitative estimate of drug-likeness (QED) is 0.671. The molecule has 0 aliphatic carbocycles. The molecule has 0 saturated carbocycles. The van der Waals surface area contributed by atoms with Gasteiger partial charge in [0.15, 0.2) is 4.80 Å². The Bertz CT molecular complexity index is 947. The number of amides is 1. The van der Waals surface area contributed by atoms with E-state index >= 15 is 0 Å². The smallest absolute Gasteiger partial charge is 0.279 e. The molecule has 1 heterocycles. The first kappa shape index (κ1) is 14.7. The van der Waals surface area contributed by atoms with Crippen LogP contribution >= 0.6 is 11.3 Å². The van der Waals surface area contributed by atoms with E-state index in [4.69, 9.17) is 0 Å². The number of carbonyl (C=O) groups is 1. The van der Waals surface area contributed by atoms with Crippen LogP contribution < -0.4 is 4.80 Å². The second-order valence-electron chi connectivity index (χ2n) is 5.65. The van der Waals surface area contributed by atoms with Gasteiger partial charge in [0, 0.05) is 12.6 Å². The van der Waals surface area contributed by atoms with E-state index in [-0.39, 0.29) is 5.91 Å². The number of benzene rings is 2. The fraction of sp³-hybridized carbons (Fsp3) is 0.222. The summed E-state index contributed by atoms with van der Waals surface area (Å²) in [6, 6.07) is 12.1. The van der Waals surface area contributed by atoms with Crippen molar-refractivity contribution in [3.8, 4) is 0 Å². The summed E-state index contributed by atoms with van der Waals surface area (Å²) in [5.41, 5.74) is 5.09. The van der Waals surface area contributed by atoms with Gasteiger partial charge in [0.25, 0.3) is 5.91 Å². The predicted molar refractivity (Wildman–Crippen MR) is 91.3 cm³/mol. The zero-order valence-corrected chi connectivity index (χ0v) is 14.0. The minimum absolute atomic E-state index is 0.184. The third-order valence-electron chi connectivity index (χ3n) is 3.77. The zero-order valence-electron chi connectivity index (χ0n) is 13.2. The van der Waals surface area contributed by atoms with Crippen molar-refractivity contribution in [3.05, 3.63) is 63.5 Å². The molecule has 3 aromatic rings. The summed E-state index contributed by atoms with van der Waals surface area (Å²) in [7, 11) is 1.95. The van der Waals surface area contributed by atoms with Gasteiger partial charge in [-0.15, -0.1) is 0 Å². The maximum atomic E-state index is 12.5. The van der Waals surface area contributed by atoms with E-state index in [1.54, 1.807) is 11.3 Å². The Morgan fingerprint density at radius 1 is 1.05 bits per heavy atom. The van der Waals surface area contributed by atoms with Crippen molar-refractivity contribution < 1.29 is 4.79 Å². The molecule has 0 radical (unpaired) electrons. The van der Waals surface area contributed by atoms with E-state index in [0.29, 0.717) is 5.56 Å². The number of nitrogens with zero attached hydrogens (tertiary/aromatic N) is 2. The van der Waals surface area contributed by atoms with E-state index in [1.807, 2.05) is 43.7 Å². The summed E-state index contributed by atoms with van der Waals surface area (Å²) in [5.74, 6) is -0.184. The van der Waals surface area contributed by atoms with Gasteiger partial charge in [-0.05, 0) is 50.1 Å². The molecule has 4 heteroatoms. The van der Waals surface area contributed by atoms with Crippen LogP contribution in [0.3, 0.4) is 0 Å². The molecule has 0 atom stereocenters. The number of hydrogen-bond acceptors (Lipinski definition) is 2. The zero-order chi connectivity index (χ0) is 15.9. The van der Waals surface area contributed by atoms with Crippen molar-refractivity contribution in [3.63, 3.8) is 0 Å². The van der Waals surface area contributed by atoms with Crippen LogP contribution in [0.4, 0.5) is 0 Å². The summed E-state index contributed by atoms with van der Waals surface area (Å²) < 4.78 is 3.12. The second-order valence-corrected chi connectivity index (χ2v) is 6.66. The molecular formula is C18H18N2OS. The highest BCUT2D eigenvalue weighted by molar-refractivity contribution is 7.16. The van der Waals surface area contributed by atoms with Crippen molar-refractivity contribution in [2.45, 2.75) is 20.8 Å². The molecule has 0 aliphatic rings. The summed E-state index contributed by atoms with van der Waals surface area (Å²) in [6.07, 6.45) is 0. The predicted octanol–water partition coefficient (Wildman–Crippen LogP) is 3.91. The number of aromatic nitrogens is 1. The SMILES string of the molecule is Cc1ccc(C(=O)N=c2sc3cc(C)ccc3n2C)c(C)c1. The van der Waals surface area contributed by atoms with E-state index in [0.717, 1.165) is 26.1 Å². The van der Waals surface area contributed by atoms with E-state index < -0.39 is 0 Å². The van der Waals surface area contributed by atoms with Gasteiger partial charge in [-0.3, -0.25) is 4.79 Å². The first-order valence-corrected chi connectivity index (χ1v) is 8.00. The molecule has 0 fully saturated rings. The van der Waals surface area contributed by atoms with Crippen LogP contribution in [0.2, 0.25) is 0 Å². The van der Waals surface area contributed by atoms with Crippen LogP contribution in [0.1, 0.15) is 27.0 Å². The Balaban J connectivity index is 2.12. The van der Waals surface area contributed by atoms with Gasteiger partial charge >= 0.3 is 0 Å². The Kier molecular flexibility index (Phi) is 3.71. The molecule has 0 spiro atoms. The molecule has 0 aliphatic heterocycles. The first-order valence-electron chi connectivity index (χ1n) is 7.18. The molecule has 2 aromatic carbocycles. The molecule has 0 unspecified atom stereocenters. The minimum Gasteiger partial charge on any atom is -0.319 e. The lowest BCUT2D eigenvalue weighted by Gasteiger charge is -2.02. The number of carbonyl (C=O) groups excluding carboxylic acids is 1. The molecule has 0 saturated heterocycles. The highest BCUT2D eigenvalue weighted by atomic mass is 32.1. The number of hydrogen-bond donors (Lipinski definition) is 0. The third-order valence-corrected chi connectivity index (χ3v) is 4.87. The van der Waals surface area contributed by atoms with Crippen LogP contribution in [-0.4, -0.2) is 10.5 Å². The Hall–Kier alpha value is -2.20. The van der Waals surface area contributed by atoms with Crippen LogP contribution in [-0.2, 0) is 7.05 Å². The average molecular weight is 310 g/mol. The van der Waals surface area contributed by atoms with Crippen LogP contribution in [0.25, 0.3) is 10.2 Å². The van der Waals surface area contributed by atoms with Crippen molar-refractivity contribution in [1.29, 1.82) is 0 Å². The minimum atomic E-state index is -0.184. The van der Waals surface area contributed by atoms with E-state index in [1.165, 1.54) is 5.56 Å². The number of fused-ring (bicyclic) bond motifs is 1. The van der Waals surface area contributed by atoms with E-state index in [2.05, 4.69) is 30.1 Å². The lowest BCUT2D eigenvalue weighted by molar-refractivity contribution is 0.0997. The van der Waals surface area contributed by atoms with Gasteiger partial charge in [0.1, 0.15) is 0 Å². The van der Waals surface area contributed by atoms with Crippen molar-refractivity contribution in [2.75, 3.05) is 0 Å². The summed E-state index contributed by atoms with van der Waals surface area (Å²) in [4.78, 5) is 17.5. The average Bonchev–Trinajstić information content (AvgIpc) is 2.74. The number of rotatable bonds is 1. The molecule has 3 rings (SSSR count). The Morgan fingerprint density at radius 2 is 1.73 bits per heavy atom. The molecule has 3 nitrogen and oxygen atoms in total. The standard InChI is InChI=1S/C18H18N2OS/c1-11-5-7-14(13(3)9-11)17(21)19-18-20(4)15-8-6-12(2)10-16(15)22-18/h5-10H,1-4H3. The molecule has 0 N–H and O–H groups in total. The molecule has 0 bridgehead atoms. The number of thiazole rings is 1. The lowest BCUT2D eigenvalue weighted by atomic mass is 10.1. The van der Waals surface area contributed by atoms with E-state index in [9.17, 15) is 4.79 Å². The first-order chi connectivity index (χ1) is 10.5. The van der Waals surface area contributed by atoms with Crippen molar-refractivity contribution in [1.82, 2.24) is 4.57 Å². The normalized spacial score (nSPS) is 12.1. The van der Waals surface area contributed by atoms with Crippen LogP contribution in [0.5, 0.6) is 0 Å². The molecular weight excluding hydrogens is 292 g/mol. The fourth-order valence-electron chi connectivity index (χ4n) is 2.55. The maximum Gasteiger partial charge on any atom is 0.279 e. The second kappa shape index (κ2) is 5.54. The van der Waals surface area contributed by atoms with Crippen molar-refractivity contribution in [2.24, 2.45) is 12.0 Å². The van der Waals surface area contributed by atoms with Gasteiger partial charge in [-0.1, -0.05) is 35.1 Å². The summed E-state index contributed by atoms with van der Waals surface area (Å²) >= 11 is 1.55. The Morgan fingerprint density at radius 3 is 2.45 bits per heavy atom. The topological polar surface area (TPSA) is 34.4 Å². The van der Waals surface area contributed by atoms with Gasteiger partial charge in [0.05, 0.1) is 10.2 Å². The Labute approximate surface area is 133 Å². The fourth-order valence-corrected chi connectivity index (χ4v) is 3.66. The number of aryl methyl sites for hydroxylation is 4. The van der Waals surface area contributed by atoms with Crippen LogP contribution in [0, 0.1) is 20.8 Å². The molecule has 112 valence electrons. The van der Waals surface area contributed by atoms with Crippen LogP contribution in [0.15, 0.2) is 41.4 Å². The third kappa shape index (κ3) is 2.62. The summed E-state index contributed by atoms with van der Waals surface area (Å²) in [6.45, 7) is 6.04. The highest BCUT2D eigenvalue weighted by Gasteiger charge is 2.09. The van der Waals surface area contributed by atoms with Crippen molar-refractivity contribution >= 4 is 27.5 Å². The van der Waals surface area contributed by atoms with Gasteiger partial charge in [0.2, 0.25) is 0 Å². The molecule has 1 amide bonds. The van der Waals surface area contributed by atoms with Gasteiger partial charge in [-0.25, -0.2) is 0 Å². The molecule has 1 aromatic heterocycles. The van der Waals surface area contributed by atoms with Gasteiger partial charge < -0.3 is 4.57 Å². The highest BCUT2D eigenvalue weighted by Crippen LogP contribution is 2.18. The maximum absolute atomic E-state index is 12.5. The van der Waals surface area contributed by atoms with Gasteiger partial charge in [-0.2, -0.15) is 4.99 Å². The monoisotopic (exact) mass is 310 g/mol. The molecule has 22 heavy (non-hydrogen) atoms. The largest absolute Gasteiger partial charge is 0.319 e.